The van der Waals surface area contributed by atoms with Crippen molar-refractivity contribution in [2.24, 2.45) is 0 Å². The molecule has 10 heavy (non-hydrogen) atoms. The topological polar surface area (TPSA) is 34.1 Å². The minimum atomic E-state index is -3.19. The first kappa shape index (κ1) is 8.01. The Kier molecular flexibility index (Phi) is 2.31. The molecule has 0 saturated heterocycles. The molecule has 0 N–H and O–H groups in total. The van der Waals surface area contributed by atoms with Crippen LogP contribution in [-0.4, -0.2) is 8.42 Å². The van der Waals surface area contributed by atoms with Crippen LogP contribution in [0.4, 0.5) is 0 Å². The second kappa shape index (κ2) is 2.88. The van der Waals surface area contributed by atoms with E-state index >= 15 is 0 Å². The van der Waals surface area contributed by atoms with Crippen LogP contribution in [-0.2, 0) is 27.0 Å². The van der Waals surface area contributed by atoms with Crippen LogP contribution in [0, 0.1) is 0 Å². The van der Waals surface area contributed by atoms with E-state index in [9.17, 15) is 8.42 Å². The maximum atomic E-state index is 10.7. The molecule has 0 heterocycles. The van der Waals surface area contributed by atoms with Crippen molar-refractivity contribution in [3.8, 4) is 0 Å². The standard InChI is InChI=1S/C6H5O2S.Ag/c7-9(8)6-4-2-1-3-5-6;/h1-5H;. The van der Waals surface area contributed by atoms with Crippen LogP contribution in [0.2, 0.25) is 0 Å². The fourth-order valence-corrected chi connectivity index (χ4v) is 1.64. The molecule has 0 amide bonds. The Morgan fingerprint density at radius 2 is 1.60 bits per heavy atom. The summed E-state index contributed by atoms with van der Waals surface area (Å²) in [7, 11) is -3.19. The van der Waals surface area contributed by atoms with Gasteiger partial charge in [-0.15, -0.1) is 0 Å². The second-order valence-electron chi connectivity index (χ2n) is 1.71. The van der Waals surface area contributed by atoms with E-state index in [0.717, 1.165) is 0 Å². The molecule has 0 saturated carbocycles. The Hall–Kier alpha value is -0.0897. The van der Waals surface area contributed by atoms with Crippen LogP contribution < -0.4 is 0 Å². The van der Waals surface area contributed by atoms with Gasteiger partial charge in [-0.1, -0.05) is 0 Å². The van der Waals surface area contributed by atoms with Crippen LogP contribution in [0.5, 0.6) is 0 Å². The van der Waals surface area contributed by atoms with Gasteiger partial charge in [0.1, 0.15) is 0 Å². The van der Waals surface area contributed by atoms with Crippen molar-refractivity contribution >= 4 is 7.30 Å². The van der Waals surface area contributed by atoms with Crippen LogP contribution in [0.25, 0.3) is 0 Å². The molecule has 4 heteroatoms. The van der Waals surface area contributed by atoms with Gasteiger partial charge >= 0.3 is 70.7 Å². The molecule has 0 radical (unpaired) electrons. The van der Waals surface area contributed by atoms with Crippen molar-refractivity contribution in [2.75, 3.05) is 0 Å². The van der Waals surface area contributed by atoms with Gasteiger partial charge in [0.2, 0.25) is 0 Å². The van der Waals surface area contributed by atoms with Gasteiger partial charge < -0.3 is 0 Å². The monoisotopic (exact) mass is 248 g/mol. The summed E-state index contributed by atoms with van der Waals surface area (Å²) >= 11 is 2.58. The second-order valence-corrected chi connectivity index (χ2v) is 5.36. The van der Waals surface area contributed by atoms with Gasteiger partial charge in [-0.3, -0.25) is 0 Å². The third-order valence-electron chi connectivity index (χ3n) is 1.01. The molecule has 0 atom stereocenters. The SMILES string of the molecule is O=[S](=O)([Ag])c1ccccc1. The van der Waals surface area contributed by atoms with E-state index in [0.29, 0.717) is 0 Å². The Morgan fingerprint density at radius 1 is 1.10 bits per heavy atom. The first-order valence-corrected chi connectivity index (χ1v) is 5.71. The van der Waals surface area contributed by atoms with Crippen molar-refractivity contribution in [3.05, 3.63) is 30.3 Å². The summed E-state index contributed by atoms with van der Waals surface area (Å²) in [6.07, 6.45) is 0. The Balaban J connectivity index is 3.22. The Bertz CT molecular complexity index is 304. The van der Waals surface area contributed by atoms with Crippen molar-refractivity contribution in [2.45, 2.75) is 4.90 Å². The van der Waals surface area contributed by atoms with Crippen molar-refractivity contribution in [1.29, 1.82) is 0 Å². The van der Waals surface area contributed by atoms with E-state index in [2.05, 4.69) is 19.7 Å². The van der Waals surface area contributed by atoms with Crippen LogP contribution in [0.3, 0.4) is 0 Å². The summed E-state index contributed by atoms with van der Waals surface area (Å²) in [6, 6.07) is 8.18. The summed E-state index contributed by atoms with van der Waals surface area (Å²) in [5.74, 6) is 0. The molecule has 0 fully saturated rings. The number of hydrogen-bond acceptors (Lipinski definition) is 2. The summed E-state index contributed by atoms with van der Waals surface area (Å²) < 4.78 is 21.5. The van der Waals surface area contributed by atoms with E-state index in [4.69, 9.17) is 0 Å². The van der Waals surface area contributed by atoms with E-state index in [-0.39, 0.29) is 4.90 Å². The normalized spacial score (nSPS) is 11.4. The first-order chi connectivity index (χ1) is 4.61. The van der Waals surface area contributed by atoms with Gasteiger partial charge in [-0.25, -0.2) is 0 Å². The molecule has 1 aromatic rings. The van der Waals surface area contributed by atoms with Gasteiger partial charge in [0.05, 0.1) is 0 Å². The summed E-state index contributed by atoms with van der Waals surface area (Å²) in [5.41, 5.74) is 0. The molecule has 0 aliphatic heterocycles. The fraction of sp³-hybridized carbons (Fsp3) is 0. The average molecular weight is 249 g/mol. The fourth-order valence-electron chi connectivity index (χ4n) is 0.573. The molecule has 58 valence electrons. The van der Waals surface area contributed by atoms with Crippen molar-refractivity contribution in [3.63, 3.8) is 0 Å². The quantitative estimate of drug-likeness (QED) is 0.693. The number of rotatable bonds is 1. The molecule has 0 spiro atoms. The van der Waals surface area contributed by atoms with Gasteiger partial charge in [0.25, 0.3) is 0 Å². The molecular formula is C6H5AgO2S. The van der Waals surface area contributed by atoms with Gasteiger partial charge in [-0.05, 0) is 0 Å². The summed E-state index contributed by atoms with van der Waals surface area (Å²) in [4.78, 5) is 0.286. The predicted molar refractivity (Wildman–Crippen MR) is 33.6 cm³/mol. The van der Waals surface area contributed by atoms with E-state index in [1.807, 2.05) is 0 Å². The molecule has 2 nitrogen and oxygen atoms in total. The minimum absolute atomic E-state index is 0.286. The number of hydrogen-bond donors (Lipinski definition) is 0. The predicted octanol–water partition coefficient (Wildman–Crippen LogP) is 0.922. The number of benzene rings is 1. The zero-order chi connectivity index (χ0) is 7.61. The van der Waals surface area contributed by atoms with Crippen LogP contribution in [0.1, 0.15) is 0 Å². The Morgan fingerprint density at radius 3 is 1.90 bits per heavy atom. The molecule has 0 bridgehead atoms. The molecule has 1 aromatic carbocycles. The van der Waals surface area contributed by atoms with Crippen LogP contribution in [0.15, 0.2) is 35.2 Å². The van der Waals surface area contributed by atoms with E-state index in [1.54, 1.807) is 18.2 Å². The van der Waals surface area contributed by atoms with Crippen molar-refractivity contribution in [1.82, 2.24) is 0 Å². The zero-order valence-corrected chi connectivity index (χ0v) is 7.21. The summed E-state index contributed by atoms with van der Waals surface area (Å²) in [6.45, 7) is 0. The molecule has 0 aliphatic carbocycles. The van der Waals surface area contributed by atoms with E-state index in [1.165, 1.54) is 12.1 Å². The molecule has 1 rings (SSSR count). The average Bonchev–Trinajstić information content (AvgIpc) is 1.88. The summed E-state index contributed by atoms with van der Waals surface area (Å²) in [5, 5.41) is 0. The van der Waals surface area contributed by atoms with Crippen molar-refractivity contribution < 1.29 is 28.2 Å². The molecule has 0 aliphatic rings. The van der Waals surface area contributed by atoms with Gasteiger partial charge in [-0.2, -0.15) is 0 Å². The van der Waals surface area contributed by atoms with E-state index < -0.39 is 7.30 Å². The van der Waals surface area contributed by atoms with Crippen LogP contribution >= 0.6 is 0 Å². The Labute approximate surface area is 70.7 Å². The zero-order valence-electron chi connectivity index (χ0n) is 4.91. The molecule has 0 aromatic heterocycles. The van der Waals surface area contributed by atoms with Gasteiger partial charge in [0, 0.05) is 0 Å². The first-order valence-electron chi connectivity index (χ1n) is 2.57. The molecule has 0 unspecified atom stereocenters. The maximum absolute atomic E-state index is 10.7. The van der Waals surface area contributed by atoms with Gasteiger partial charge in [0.15, 0.2) is 0 Å². The molecular weight excluding hydrogens is 244 g/mol. The third kappa shape index (κ3) is 1.95. The third-order valence-corrected chi connectivity index (χ3v) is 2.85.